The molecule has 0 radical (unpaired) electrons. The summed E-state index contributed by atoms with van der Waals surface area (Å²) in [7, 11) is 0. The smallest absolute Gasteiger partial charge is 0.114 e. The van der Waals surface area contributed by atoms with Crippen LogP contribution in [0.5, 0.6) is 0 Å². The van der Waals surface area contributed by atoms with E-state index >= 15 is 0 Å². The Kier molecular flexibility index (Phi) is 4.62. The normalized spacial score (nSPS) is 14.3. The highest BCUT2D eigenvalue weighted by molar-refractivity contribution is 5.02. The Bertz CT molecular complexity index is 344. The second kappa shape index (κ2) is 5.57. The number of aliphatic hydroxyl groups is 2. The lowest BCUT2D eigenvalue weighted by molar-refractivity contribution is -0.00223. The largest absolute Gasteiger partial charge is 0.389 e. The molecule has 0 aliphatic carbocycles. The quantitative estimate of drug-likeness (QED) is 0.750. The van der Waals surface area contributed by atoms with Gasteiger partial charge in [0.2, 0.25) is 0 Å². The van der Waals surface area contributed by atoms with Gasteiger partial charge in [-0.25, -0.2) is 4.68 Å². The predicted octanol–water partition coefficient (Wildman–Crippen LogP) is 0.291. The van der Waals surface area contributed by atoms with Gasteiger partial charge in [0.25, 0.3) is 0 Å². The van der Waals surface area contributed by atoms with Crippen LogP contribution in [-0.2, 0) is 16.9 Å². The first-order chi connectivity index (χ1) is 7.79. The third kappa shape index (κ3) is 4.80. The molecule has 1 unspecified atom stereocenters. The lowest BCUT2D eigenvalue weighted by Gasteiger charge is -2.13. The highest BCUT2D eigenvalue weighted by Gasteiger charge is 2.20. The summed E-state index contributed by atoms with van der Waals surface area (Å²) in [5.41, 5.74) is -0.535. The molecule has 0 aliphatic rings. The van der Waals surface area contributed by atoms with Crippen molar-refractivity contribution in [3.8, 4) is 0 Å². The van der Waals surface area contributed by atoms with Gasteiger partial charge < -0.3 is 14.9 Å². The predicted molar refractivity (Wildman–Crippen MR) is 62.4 cm³/mol. The molecular formula is C11H21N3O3. The van der Waals surface area contributed by atoms with Gasteiger partial charge in [-0.2, -0.15) is 0 Å². The fraction of sp³-hybridized carbons (Fsp3) is 0.818. The van der Waals surface area contributed by atoms with Gasteiger partial charge in [0.15, 0.2) is 0 Å². The van der Waals surface area contributed by atoms with E-state index in [0.29, 0.717) is 12.2 Å². The molecule has 17 heavy (non-hydrogen) atoms. The van der Waals surface area contributed by atoms with Crippen molar-refractivity contribution in [2.75, 3.05) is 6.61 Å². The molecule has 0 aromatic carbocycles. The standard InChI is InChI=1S/C11H21N3O3/c1-8(2)17-7-9(15)5-14-6-10(12-13-14)11(3,4)16/h6,8-9,15-16H,5,7H2,1-4H3. The van der Waals surface area contributed by atoms with Crippen molar-refractivity contribution in [2.24, 2.45) is 0 Å². The van der Waals surface area contributed by atoms with Gasteiger partial charge in [0.05, 0.1) is 31.6 Å². The van der Waals surface area contributed by atoms with Crippen LogP contribution in [0.3, 0.4) is 0 Å². The Balaban J connectivity index is 2.49. The molecule has 0 saturated heterocycles. The van der Waals surface area contributed by atoms with Crippen molar-refractivity contribution in [3.05, 3.63) is 11.9 Å². The van der Waals surface area contributed by atoms with Crippen molar-refractivity contribution in [1.82, 2.24) is 15.0 Å². The molecule has 0 aliphatic heterocycles. The van der Waals surface area contributed by atoms with E-state index in [1.165, 1.54) is 4.68 Å². The van der Waals surface area contributed by atoms with Crippen LogP contribution in [0.15, 0.2) is 6.20 Å². The van der Waals surface area contributed by atoms with Crippen LogP contribution in [-0.4, -0.2) is 44.0 Å². The van der Waals surface area contributed by atoms with E-state index in [1.807, 2.05) is 13.8 Å². The Labute approximate surface area is 101 Å². The maximum Gasteiger partial charge on any atom is 0.114 e. The molecule has 1 rings (SSSR count). The van der Waals surface area contributed by atoms with E-state index in [0.717, 1.165) is 0 Å². The number of ether oxygens (including phenoxy) is 1. The summed E-state index contributed by atoms with van der Waals surface area (Å²) in [5.74, 6) is 0. The van der Waals surface area contributed by atoms with Crippen molar-refractivity contribution < 1.29 is 14.9 Å². The molecule has 1 heterocycles. The van der Waals surface area contributed by atoms with Gasteiger partial charge in [-0.1, -0.05) is 5.21 Å². The highest BCUT2D eigenvalue weighted by atomic mass is 16.5. The van der Waals surface area contributed by atoms with Gasteiger partial charge >= 0.3 is 0 Å². The second-order valence-electron chi connectivity index (χ2n) is 4.92. The molecule has 0 saturated carbocycles. The summed E-state index contributed by atoms with van der Waals surface area (Å²) in [6.07, 6.45) is 1.08. The number of hydrogen-bond acceptors (Lipinski definition) is 5. The summed E-state index contributed by atoms with van der Waals surface area (Å²) in [6, 6.07) is 0. The first-order valence-electron chi connectivity index (χ1n) is 5.71. The van der Waals surface area contributed by atoms with Crippen LogP contribution in [0, 0.1) is 0 Å². The fourth-order valence-electron chi connectivity index (χ4n) is 1.24. The van der Waals surface area contributed by atoms with Gasteiger partial charge in [-0.15, -0.1) is 5.10 Å². The molecule has 98 valence electrons. The van der Waals surface area contributed by atoms with Gasteiger partial charge in [-0.3, -0.25) is 0 Å². The maximum atomic E-state index is 9.71. The van der Waals surface area contributed by atoms with Crippen molar-refractivity contribution in [3.63, 3.8) is 0 Å². The van der Waals surface area contributed by atoms with Gasteiger partial charge in [0, 0.05) is 0 Å². The van der Waals surface area contributed by atoms with E-state index in [2.05, 4.69) is 10.3 Å². The second-order valence-corrected chi connectivity index (χ2v) is 4.92. The first kappa shape index (κ1) is 14.1. The Hall–Kier alpha value is -0.980. The number of rotatable bonds is 6. The molecule has 6 nitrogen and oxygen atoms in total. The van der Waals surface area contributed by atoms with Crippen LogP contribution in [0.1, 0.15) is 33.4 Å². The SMILES string of the molecule is CC(C)OCC(O)Cn1cc(C(C)(C)O)nn1. The van der Waals surface area contributed by atoms with Crippen LogP contribution in [0.4, 0.5) is 0 Å². The average Bonchev–Trinajstić information content (AvgIpc) is 2.62. The zero-order valence-corrected chi connectivity index (χ0v) is 10.8. The number of aliphatic hydroxyl groups excluding tert-OH is 1. The van der Waals surface area contributed by atoms with E-state index in [1.54, 1.807) is 20.0 Å². The van der Waals surface area contributed by atoms with Gasteiger partial charge in [-0.05, 0) is 27.7 Å². The van der Waals surface area contributed by atoms with Crippen LogP contribution in [0.25, 0.3) is 0 Å². The first-order valence-corrected chi connectivity index (χ1v) is 5.71. The minimum absolute atomic E-state index is 0.0901. The minimum atomic E-state index is -1.02. The molecule has 2 N–H and O–H groups in total. The number of nitrogens with zero attached hydrogens (tertiary/aromatic N) is 3. The molecule has 0 fully saturated rings. The summed E-state index contributed by atoms with van der Waals surface area (Å²) in [4.78, 5) is 0. The number of hydrogen-bond donors (Lipinski definition) is 2. The Morgan fingerprint density at radius 3 is 2.59 bits per heavy atom. The molecule has 1 aromatic rings. The Morgan fingerprint density at radius 2 is 2.12 bits per heavy atom. The fourth-order valence-corrected chi connectivity index (χ4v) is 1.24. The van der Waals surface area contributed by atoms with E-state index < -0.39 is 11.7 Å². The van der Waals surface area contributed by atoms with E-state index in [9.17, 15) is 10.2 Å². The maximum absolute atomic E-state index is 9.71. The Morgan fingerprint density at radius 1 is 1.47 bits per heavy atom. The molecule has 1 atom stereocenters. The summed E-state index contributed by atoms with van der Waals surface area (Å²) in [5, 5.41) is 27.1. The van der Waals surface area contributed by atoms with Crippen molar-refractivity contribution in [2.45, 2.75) is 52.0 Å². The summed E-state index contributed by atoms with van der Waals surface area (Å²) < 4.78 is 6.79. The van der Waals surface area contributed by atoms with Gasteiger partial charge in [0.1, 0.15) is 11.3 Å². The van der Waals surface area contributed by atoms with Crippen LogP contribution in [0.2, 0.25) is 0 Å². The van der Waals surface area contributed by atoms with Crippen LogP contribution >= 0.6 is 0 Å². The topological polar surface area (TPSA) is 80.4 Å². The third-order valence-corrected chi connectivity index (χ3v) is 2.19. The molecule has 1 aromatic heterocycles. The van der Waals surface area contributed by atoms with Crippen molar-refractivity contribution >= 4 is 0 Å². The van der Waals surface area contributed by atoms with E-state index in [-0.39, 0.29) is 12.7 Å². The minimum Gasteiger partial charge on any atom is -0.389 e. The lowest BCUT2D eigenvalue weighted by Crippen LogP contribution is -2.24. The highest BCUT2D eigenvalue weighted by Crippen LogP contribution is 2.15. The molecule has 6 heteroatoms. The zero-order chi connectivity index (χ0) is 13.1. The molecule has 0 bridgehead atoms. The average molecular weight is 243 g/mol. The third-order valence-electron chi connectivity index (χ3n) is 2.19. The van der Waals surface area contributed by atoms with E-state index in [4.69, 9.17) is 4.74 Å². The van der Waals surface area contributed by atoms with Crippen LogP contribution < -0.4 is 0 Å². The molecule has 0 amide bonds. The molecular weight excluding hydrogens is 222 g/mol. The molecule has 0 spiro atoms. The summed E-state index contributed by atoms with van der Waals surface area (Å²) in [6.45, 7) is 7.66. The number of aromatic nitrogens is 3. The summed E-state index contributed by atoms with van der Waals surface area (Å²) >= 11 is 0. The zero-order valence-electron chi connectivity index (χ0n) is 10.8. The lowest BCUT2D eigenvalue weighted by atomic mass is 10.1. The monoisotopic (exact) mass is 243 g/mol. The van der Waals surface area contributed by atoms with Crippen molar-refractivity contribution in [1.29, 1.82) is 0 Å².